The van der Waals surface area contributed by atoms with Gasteiger partial charge in [-0.25, -0.2) is 0 Å². The molecule has 0 saturated heterocycles. The molecular formula is C10H20O5. The lowest BCUT2D eigenvalue weighted by atomic mass is 10.4. The first kappa shape index (κ1) is 16.3. The van der Waals surface area contributed by atoms with Gasteiger partial charge in [-0.05, 0) is 6.92 Å². The van der Waals surface area contributed by atoms with Crippen molar-refractivity contribution >= 4 is 11.9 Å². The fourth-order valence-electron chi connectivity index (χ4n) is 0.576. The number of carboxylic acids is 1. The summed E-state index contributed by atoms with van der Waals surface area (Å²) in [6.07, 6.45) is 0.520. The van der Waals surface area contributed by atoms with Crippen LogP contribution in [0.15, 0.2) is 0 Å². The Kier molecular flexibility index (Phi) is 12.0. The Morgan fingerprint density at radius 3 is 2.00 bits per heavy atom. The summed E-state index contributed by atoms with van der Waals surface area (Å²) < 4.78 is 9.65. The van der Waals surface area contributed by atoms with Crippen LogP contribution in [0.1, 0.15) is 33.6 Å². The molecule has 90 valence electrons. The maximum atomic E-state index is 10.6. The minimum atomic E-state index is -0.745. The molecule has 0 aromatic carbocycles. The Morgan fingerprint density at radius 2 is 1.73 bits per heavy atom. The van der Waals surface area contributed by atoms with E-state index in [4.69, 9.17) is 14.6 Å². The van der Waals surface area contributed by atoms with E-state index < -0.39 is 5.97 Å². The second kappa shape index (κ2) is 11.0. The fraction of sp³-hybridized carbons (Fsp3) is 0.800. The maximum Gasteiger partial charge on any atom is 0.305 e. The molecule has 5 nitrogen and oxygen atoms in total. The van der Waals surface area contributed by atoms with Crippen molar-refractivity contribution in [2.45, 2.75) is 39.7 Å². The lowest BCUT2D eigenvalue weighted by Gasteiger charge is -2.10. The molecule has 0 fully saturated rings. The quantitative estimate of drug-likeness (QED) is 0.710. The molecule has 0 saturated carbocycles. The molecule has 0 heterocycles. The Bertz CT molecular complexity index is 179. The van der Waals surface area contributed by atoms with Gasteiger partial charge in [0.15, 0.2) is 0 Å². The molecule has 1 atom stereocenters. The molecule has 0 bridgehead atoms. The largest absolute Gasteiger partial charge is 0.481 e. The predicted molar refractivity (Wildman–Crippen MR) is 55.6 cm³/mol. The number of carboxylic acid groups (broad SMARTS) is 1. The molecule has 0 aliphatic heterocycles. The van der Waals surface area contributed by atoms with E-state index in [0.29, 0.717) is 13.0 Å². The van der Waals surface area contributed by atoms with Crippen molar-refractivity contribution in [1.29, 1.82) is 0 Å². The highest BCUT2D eigenvalue weighted by Crippen LogP contribution is 1.93. The Balaban J connectivity index is 0. The third-order valence-electron chi connectivity index (χ3n) is 1.33. The average molecular weight is 220 g/mol. The summed E-state index contributed by atoms with van der Waals surface area (Å²) in [5.41, 5.74) is 0. The van der Waals surface area contributed by atoms with Crippen LogP contribution in [0.4, 0.5) is 0 Å². The van der Waals surface area contributed by atoms with Crippen LogP contribution < -0.4 is 0 Å². The first-order valence-corrected chi connectivity index (χ1v) is 4.88. The van der Waals surface area contributed by atoms with Gasteiger partial charge in [0.2, 0.25) is 0 Å². The number of esters is 1. The zero-order valence-electron chi connectivity index (χ0n) is 9.78. The van der Waals surface area contributed by atoms with Crippen molar-refractivity contribution < 1.29 is 24.2 Å². The topological polar surface area (TPSA) is 72.8 Å². The molecule has 0 spiro atoms. The van der Waals surface area contributed by atoms with E-state index in [1.165, 1.54) is 0 Å². The van der Waals surface area contributed by atoms with Crippen LogP contribution in [0.2, 0.25) is 0 Å². The van der Waals surface area contributed by atoms with E-state index in [0.717, 1.165) is 0 Å². The summed E-state index contributed by atoms with van der Waals surface area (Å²) in [7, 11) is 1.58. The second-order valence-electron chi connectivity index (χ2n) is 2.86. The summed E-state index contributed by atoms with van der Waals surface area (Å²) in [6.45, 7) is 5.63. The van der Waals surface area contributed by atoms with Crippen molar-refractivity contribution in [2.24, 2.45) is 0 Å². The molecule has 0 rings (SSSR count). The molecule has 0 aromatic heterocycles. The van der Waals surface area contributed by atoms with Crippen molar-refractivity contribution in [1.82, 2.24) is 0 Å². The Labute approximate surface area is 90.4 Å². The number of methoxy groups -OCH3 is 1. The lowest BCUT2D eigenvalue weighted by Crippen LogP contribution is -2.18. The highest BCUT2D eigenvalue weighted by molar-refractivity contribution is 5.69. The third-order valence-corrected chi connectivity index (χ3v) is 1.33. The molecular weight excluding hydrogens is 200 g/mol. The summed E-state index contributed by atoms with van der Waals surface area (Å²) in [5.74, 6) is -0.922. The van der Waals surface area contributed by atoms with Gasteiger partial charge in [-0.15, -0.1) is 0 Å². The van der Waals surface area contributed by atoms with E-state index >= 15 is 0 Å². The van der Waals surface area contributed by atoms with Crippen LogP contribution in [0.5, 0.6) is 0 Å². The van der Waals surface area contributed by atoms with E-state index in [1.807, 2.05) is 0 Å². The number of carbonyl (C=O) groups is 2. The highest BCUT2D eigenvalue weighted by atomic mass is 16.6. The molecule has 5 heteroatoms. The molecule has 0 radical (unpaired) electrons. The first-order valence-electron chi connectivity index (χ1n) is 4.88. The van der Waals surface area contributed by atoms with Gasteiger partial charge in [0, 0.05) is 20.0 Å². The van der Waals surface area contributed by atoms with Gasteiger partial charge in [-0.1, -0.05) is 13.8 Å². The SMILES string of the molecule is CCC(=O)O.CCC(=O)OC(C)COC. The van der Waals surface area contributed by atoms with Crippen molar-refractivity contribution in [2.75, 3.05) is 13.7 Å². The minimum Gasteiger partial charge on any atom is -0.481 e. The van der Waals surface area contributed by atoms with Gasteiger partial charge in [0.25, 0.3) is 0 Å². The lowest BCUT2D eigenvalue weighted by molar-refractivity contribution is -0.150. The molecule has 0 aromatic rings. The van der Waals surface area contributed by atoms with Gasteiger partial charge in [0.1, 0.15) is 6.10 Å². The van der Waals surface area contributed by atoms with Gasteiger partial charge in [-0.3, -0.25) is 9.59 Å². The Morgan fingerprint density at radius 1 is 1.27 bits per heavy atom. The van der Waals surface area contributed by atoms with E-state index in [9.17, 15) is 9.59 Å². The monoisotopic (exact) mass is 220 g/mol. The van der Waals surface area contributed by atoms with E-state index in [-0.39, 0.29) is 18.5 Å². The molecule has 1 unspecified atom stereocenters. The number of ether oxygens (including phenoxy) is 2. The van der Waals surface area contributed by atoms with Crippen LogP contribution >= 0.6 is 0 Å². The maximum absolute atomic E-state index is 10.6. The predicted octanol–water partition coefficient (Wildman–Crippen LogP) is 1.46. The number of carbonyl (C=O) groups excluding carboxylic acids is 1. The van der Waals surface area contributed by atoms with E-state index in [1.54, 1.807) is 27.9 Å². The van der Waals surface area contributed by atoms with Crippen molar-refractivity contribution in [3.05, 3.63) is 0 Å². The smallest absolute Gasteiger partial charge is 0.305 e. The van der Waals surface area contributed by atoms with E-state index in [2.05, 4.69) is 0 Å². The minimum absolute atomic E-state index is 0.127. The molecule has 0 aliphatic rings. The van der Waals surface area contributed by atoms with Crippen molar-refractivity contribution in [3.8, 4) is 0 Å². The zero-order chi connectivity index (χ0) is 12.3. The third kappa shape index (κ3) is 15.6. The summed E-state index contributed by atoms with van der Waals surface area (Å²) in [6, 6.07) is 0. The number of hydrogen-bond acceptors (Lipinski definition) is 4. The van der Waals surface area contributed by atoms with Crippen LogP contribution in [-0.4, -0.2) is 36.9 Å². The highest BCUT2D eigenvalue weighted by Gasteiger charge is 2.05. The number of hydrogen-bond donors (Lipinski definition) is 1. The van der Waals surface area contributed by atoms with Gasteiger partial charge >= 0.3 is 11.9 Å². The molecule has 1 N–H and O–H groups in total. The van der Waals surface area contributed by atoms with Crippen LogP contribution in [0.25, 0.3) is 0 Å². The molecule has 15 heavy (non-hydrogen) atoms. The normalized spacial score (nSPS) is 10.9. The van der Waals surface area contributed by atoms with Crippen LogP contribution in [-0.2, 0) is 19.1 Å². The molecule has 0 amide bonds. The summed E-state index contributed by atoms with van der Waals surface area (Å²) >= 11 is 0. The number of rotatable bonds is 5. The van der Waals surface area contributed by atoms with Gasteiger partial charge < -0.3 is 14.6 Å². The van der Waals surface area contributed by atoms with Crippen LogP contribution in [0.3, 0.4) is 0 Å². The zero-order valence-corrected chi connectivity index (χ0v) is 9.78. The van der Waals surface area contributed by atoms with Crippen LogP contribution in [0, 0.1) is 0 Å². The Hall–Kier alpha value is -1.10. The summed E-state index contributed by atoms with van der Waals surface area (Å²) in [4.78, 5) is 20.0. The van der Waals surface area contributed by atoms with Crippen molar-refractivity contribution in [3.63, 3.8) is 0 Å². The summed E-state index contributed by atoms with van der Waals surface area (Å²) in [5, 5.41) is 7.72. The van der Waals surface area contributed by atoms with Gasteiger partial charge in [-0.2, -0.15) is 0 Å². The fourth-order valence-corrected chi connectivity index (χ4v) is 0.576. The first-order chi connectivity index (χ1) is 6.97. The standard InChI is InChI=1S/C7H14O3.C3H6O2/c1-4-7(8)10-6(2)5-9-3;1-2-3(4)5/h6H,4-5H2,1-3H3;2H2,1H3,(H,4,5). The number of aliphatic carboxylic acids is 1. The van der Waals surface area contributed by atoms with Gasteiger partial charge in [0.05, 0.1) is 6.61 Å². The second-order valence-corrected chi connectivity index (χ2v) is 2.86. The molecule has 0 aliphatic carbocycles. The average Bonchev–Trinajstić information content (AvgIpc) is 2.18.